The van der Waals surface area contributed by atoms with Crippen molar-refractivity contribution in [2.75, 3.05) is 32.7 Å². The van der Waals surface area contributed by atoms with E-state index in [-0.39, 0.29) is 17.9 Å². The van der Waals surface area contributed by atoms with Crippen LogP contribution in [0.25, 0.3) is 0 Å². The smallest absolute Gasteiger partial charge is 0.282 e. The monoisotopic (exact) mass is 330 g/mol. The van der Waals surface area contributed by atoms with Crippen LogP contribution in [0.15, 0.2) is 0 Å². The Kier molecular flexibility index (Phi) is 4.72. The van der Waals surface area contributed by atoms with Gasteiger partial charge in [0.2, 0.25) is 5.91 Å². The van der Waals surface area contributed by atoms with Crippen molar-refractivity contribution in [2.45, 2.75) is 38.1 Å². The zero-order valence-corrected chi connectivity index (χ0v) is 13.7. The minimum absolute atomic E-state index is 0.0757. The molecule has 7 nitrogen and oxygen atoms in total. The van der Waals surface area contributed by atoms with Crippen LogP contribution in [0.5, 0.6) is 0 Å². The third-order valence-corrected chi connectivity index (χ3v) is 7.20. The van der Waals surface area contributed by atoms with Crippen LogP contribution < -0.4 is 11.1 Å². The van der Waals surface area contributed by atoms with Crippen molar-refractivity contribution in [3.8, 4) is 0 Å². The van der Waals surface area contributed by atoms with E-state index in [2.05, 4.69) is 5.32 Å². The predicted octanol–water partition coefficient (Wildman–Crippen LogP) is -0.498. The molecule has 2 bridgehead atoms. The third kappa shape index (κ3) is 3.02. The highest BCUT2D eigenvalue weighted by Crippen LogP contribution is 2.40. The summed E-state index contributed by atoms with van der Waals surface area (Å²) in [7, 11) is -3.42. The lowest BCUT2D eigenvalue weighted by Crippen LogP contribution is -2.52. The summed E-state index contributed by atoms with van der Waals surface area (Å²) in [6.07, 6.45) is 4.63. The first kappa shape index (κ1) is 16.2. The molecular formula is C14H26N4O3S. The molecule has 3 fully saturated rings. The van der Waals surface area contributed by atoms with Crippen LogP contribution in [0.3, 0.4) is 0 Å². The van der Waals surface area contributed by atoms with Gasteiger partial charge >= 0.3 is 0 Å². The Labute approximate surface area is 132 Å². The van der Waals surface area contributed by atoms with Crippen LogP contribution in [0, 0.1) is 11.8 Å². The summed E-state index contributed by atoms with van der Waals surface area (Å²) in [6.45, 7) is 2.33. The molecule has 2 heterocycles. The second kappa shape index (κ2) is 6.43. The molecule has 3 unspecified atom stereocenters. The molecule has 1 aliphatic carbocycles. The summed E-state index contributed by atoms with van der Waals surface area (Å²) in [5.74, 6) is 0.205. The van der Waals surface area contributed by atoms with Crippen molar-refractivity contribution >= 4 is 16.1 Å². The molecule has 0 aromatic rings. The molecule has 2 aliphatic heterocycles. The van der Waals surface area contributed by atoms with Crippen molar-refractivity contribution < 1.29 is 13.2 Å². The Morgan fingerprint density at radius 2 is 2.05 bits per heavy atom. The summed E-state index contributed by atoms with van der Waals surface area (Å²) < 4.78 is 28.9. The zero-order chi connectivity index (χ0) is 15.7. The Morgan fingerprint density at radius 3 is 2.68 bits per heavy atom. The summed E-state index contributed by atoms with van der Waals surface area (Å²) >= 11 is 0. The number of carbonyl (C=O) groups is 1. The molecule has 1 saturated carbocycles. The number of fused-ring (bicyclic) bond motifs is 2. The van der Waals surface area contributed by atoms with Gasteiger partial charge in [-0.1, -0.05) is 0 Å². The number of rotatable bonds is 5. The van der Waals surface area contributed by atoms with Crippen LogP contribution in [-0.2, 0) is 15.0 Å². The van der Waals surface area contributed by atoms with Gasteiger partial charge in [0.1, 0.15) is 0 Å². The van der Waals surface area contributed by atoms with E-state index in [9.17, 15) is 13.2 Å². The van der Waals surface area contributed by atoms with Gasteiger partial charge in [0.15, 0.2) is 0 Å². The number of nitrogens with one attached hydrogen (secondary N) is 1. The van der Waals surface area contributed by atoms with E-state index in [0.717, 1.165) is 32.1 Å². The number of amides is 1. The van der Waals surface area contributed by atoms with Crippen molar-refractivity contribution in [1.29, 1.82) is 0 Å². The van der Waals surface area contributed by atoms with E-state index in [0.29, 0.717) is 38.6 Å². The fraction of sp³-hybridized carbons (Fsp3) is 0.929. The molecule has 1 amide bonds. The summed E-state index contributed by atoms with van der Waals surface area (Å²) in [5.41, 5.74) is 5.39. The number of nitrogens with two attached hydrogens (primary N) is 1. The maximum atomic E-state index is 12.9. The van der Waals surface area contributed by atoms with Crippen molar-refractivity contribution in [3.05, 3.63) is 0 Å². The van der Waals surface area contributed by atoms with E-state index < -0.39 is 10.2 Å². The first-order valence-corrected chi connectivity index (χ1v) is 9.66. The average molecular weight is 330 g/mol. The molecule has 3 atom stereocenters. The van der Waals surface area contributed by atoms with E-state index in [1.807, 2.05) is 0 Å². The molecule has 22 heavy (non-hydrogen) atoms. The largest absolute Gasteiger partial charge is 0.355 e. The third-order valence-electron chi connectivity index (χ3n) is 5.18. The molecule has 0 radical (unpaired) electrons. The van der Waals surface area contributed by atoms with E-state index in [1.165, 1.54) is 4.31 Å². The standard InChI is InChI=1S/C14H26N4O3S/c15-5-6-16-14(19)12-2-1-7-17(10-12)22(20,21)18-9-11-3-4-13(18)8-11/h11-13H,1-10,15H2,(H,16,19). The van der Waals surface area contributed by atoms with Gasteiger partial charge in [-0.15, -0.1) is 0 Å². The zero-order valence-electron chi connectivity index (χ0n) is 12.9. The molecule has 126 valence electrons. The van der Waals surface area contributed by atoms with E-state index in [4.69, 9.17) is 5.73 Å². The second-order valence-corrected chi connectivity index (χ2v) is 8.57. The second-order valence-electron chi connectivity index (χ2n) is 6.69. The van der Waals surface area contributed by atoms with E-state index >= 15 is 0 Å². The topological polar surface area (TPSA) is 95.7 Å². The van der Waals surface area contributed by atoms with Gasteiger partial charge in [-0.05, 0) is 38.0 Å². The minimum Gasteiger partial charge on any atom is -0.355 e. The van der Waals surface area contributed by atoms with Crippen LogP contribution in [0.1, 0.15) is 32.1 Å². The van der Waals surface area contributed by atoms with Crippen LogP contribution in [0.4, 0.5) is 0 Å². The Hall–Kier alpha value is -0.700. The first-order valence-electron chi connectivity index (χ1n) is 8.27. The normalized spacial score (nSPS) is 33.2. The van der Waals surface area contributed by atoms with Crippen LogP contribution in [-0.4, -0.2) is 61.7 Å². The summed E-state index contributed by atoms with van der Waals surface area (Å²) in [6, 6.07) is 0.182. The molecule has 3 aliphatic rings. The van der Waals surface area contributed by atoms with Gasteiger partial charge in [0, 0.05) is 38.8 Å². The quantitative estimate of drug-likeness (QED) is 0.710. The van der Waals surface area contributed by atoms with Gasteiger partial charge in [-0.25, -0.2) is 0 Å². The molecular weight excluding hydrogens is 304 g/mol. The molecule has 3 N–H and O–H groups in total. The molecule has 3 rings (SSSR count). The fourth-order valence-corrected chi connectivity index (χ4v) is 6.01. The molecule has 0 spiro atoms. The van der Waals surface area contributed by atoms with Crippen LogP contribution in [0.2, 0.25) is 0 Å². The van der Waals surface area contributed by atoms with Gasteiger partial charge in [0.05, 0.1) is 5.92 Å². The number of hydrogen-bond donors (Lipinski definition) is 2. The van der Waals surface area contributed by atoms with Gasteiger partial charge < -0.3 is 11.1 Å². The van der Waals surface area contributed by atoms with Crippen molar-refractivity contribution in [1.82, 2.24) is 13.9 Å². The van der Waals surface area contributed by atoms with Crippen molar-refractivity contribution in [3.63, 3.8) is 0 Å². The molecule has 8 heteroatoms. The number of hydrogen-bond acceptors (Lipinski definition) is 4. The highest BCUT2D eigenvalue weighted by atomic mass is 32.2. The van der Waals surface area contributed by atoms with Gasteiger partial charge in [-0.2, -0.15) is 17.0 Å². The summed E-state index contributed by atoms with van der Waals surface area (Å²) in [4.78, 5) is 12.1. The highest BCUT2D eigenvalue weighted by molar-refractivity contribution is 7.86. The number of nitrogens with zero attached hydrogens (tertiary/aromatic N) is 2. The number of piperidine rings is 2. The van der Waals surface area contributed by atoms with E-state index in [1.54, 1.807) is 4.31 Å². The molecule has 0 aromatic carbocycles. The lowest BCUT2D eigenvalue weighted by Gasteiger charge is -2.36. The summed E-state index contributed by atoms with van der Waals surface area (Å²) in [5, 5.41) is 2.77. The predicted molar refractivity (Wildman–Crippen MR) is 83.1 cm³/mol. The first-order chi connectivity index (χ1) is 10.5. The number of carbonyl (C=O) groups excluding carboxylic acids is 1. The Balaban J connectivity index is 1.65. The Bertz CT molecular complexity index is 524. The lowest BCUT2D eigenvalue weighted by molar-refractivity contribution is -0.126. The lowest BCUT2D eigenvalue weighted by atomic mass is 9.99. The maximum Gasteiger partial charge on any atom is 0.282 e. The average Bonchev–Trinajstić information content (AvgIpc) is 3.16. The minimum atomic E-state index is -3.42. The molecule has 2 saturated heterocycles. The maximum absolute atomic E-state index is 12.9. The van der Waals surface area contributed by atoms with Crippen LogP contribution >= 0.6 is 0 Å². The SMILES string of the molecule is NCCNC(=O)C1CCCN(S(=O)(=O)N2CC3CCC2C3)C1. The van der Waals surface area contributed by atoms with Crippen molar-refractivity contribution in [2.24, 2.45) is 17.6 Å². The highest BCUT2D eigenvalue weighted by Gasteiger charge is 2.46. The Morgan fingerprint density at radius 1 is 1.23 bits per heavy atom. The van der Waals surface area contributed by atoms with Gasteiger partial charge in [0.25, 0.3) is 10.2 Å². The molecule has 0 aromatic heterocycles. The van der Waals surface area contributed by atoms with Gasteiger partial charge in [-0.3, -0.25) is 4.79 Å². The fourth-order valence-electron chi connectivity index (χ4n) is 4.02.